The smallest absolute Gasteiger partial charge is 0.307 e. The van der Waals surface area contributed by atoms with Gasteiger partial charge in [0.15, 0.2) is 17.3 Å². The lowest BCUT2D eigenvalue weighted by Crippen LogP contribution is -2.16. The molecule has 1 N–H and O–H groups in total. The summed E-state index contributed by atoms with van der Waals surface area (Å²) in [5.41, 5.74) is 3.11. The number of halogens is 1. The molecule has 0 fully saturated rings. The van der Waals surface area contributed by atoms with Gasteiger partial charge in [0.2, 0.25) is 0 Å². The number of nitrogens with zero attached hydrogens (tertiary/aromatic N) is 2. The molecule has 0 spiro atoms. The Morgan fingerprint density at radius 2 is 1.90 bits per heavy atom. The second kappa shape index (κ2) is 9.27. The number of hydrogen-bond acceptors (Lipinski definition) is 7. The van der Waals surface area contributed by atoms with Gasteiger partial charge in [0.25, 0.3) is 5.69 Å². The van der Waals surface area contributed by atoms with E-state index in [-0.39, 0.29) is 11.4 Å². The molecule has 2 aromatic carbocycles. The Balaban J connectivity index is 1.76. The van der Waals surface area contributed by atoms with Gasteiger partial charge in [0.05, 0.1) is 29.4 Å². The number of benzene rings is 2. The minimum absolute atomic E-state index is 0.0320. The first-order chi connectivity index (χ1) is 14.4. The van der Waals surface area contributed by atoms with Crippen molar-refractivity contribution in [1.82, 2.24) is 5.43 Å². The number of fused-ring (bicyclic) bond motifs is 1. The van der Waals surface area contributed by atoms with Gasteiger partial charge in [-0.1, -0.05) is 11.6 Å². The number of nitro benzene ring substituents is 1. The number of hydrazone groups is 1. The van der Waals surface area contributed by atoms with Crippen LogP contribution in [0, 0.1) is 10.1 Å². The number of amides is 1. The maximum absolute atomic E-state index is 12.3. The van der Waals surface area contributed by atoms with Crippen molar-refractivity contribution in [3.63, 3.8) is 0 Å². The van der Waals surface area contributed by atoms with Crippen LogP contribution in [0.2, 0.25) is 5.02 Å². The van der Waals surface area contributed by atoms with Gasteiger partial charge in [-0.25, -0.2) is 5.43 Å². The fourth-order valence-electron chi connectivity index (χ4n) is 2.66. The average Bonchev–Trinajstić information content (AvgIpc) is 3.14. The van der Waals surface area contributed by atoms with Crippen molar-refractivity contribution in [3.8, 4) is 11.5 Å². The lowest BCUT2D eigenvalue weighted by Gasteiger charge is -2.12. The zero-order valence-electron chi connectivity index (χ0n) is 16.2. The van der Waals surface area contributed by atoms with E-state index in [9.17, 15) is 14.9 Å². The molecular formula is C20H18ClN3O6. The van der Waals surface area contributed by atoms with Crippen LogP contribution in [0.1, 0.15) is 30.0 Å². The number of hydrogen-bond donors (Lipinski definition) is 1. The second-order valence-electron chi connectivity index (χ2n) is 5.98. The molecule has 0 saturated carbocycles. The standard InChI is InChI=1S/C20H18ClN3O6/c1-3-28-17-9-13(15(21)10-18(17)29-4-2)11-22-23-20(25)19-8-12-7-14(24(26)27)5-6-16(12)30-19/h5-11H,3-4H2,1-2H3,(H,23,25)/b22-11-. The van der Waals surface area contributed by atoms with Gasteiger partial charge >= 0.3 is 5.91 Å². The van der Waals surface area contributed by atoms with E-state index >= 15 is 0 Å². The summed E-state index contributed by atoms with van der Waals surface area (Å²) in [6, 6.07) is 8.74. The Bertz CT molecular complexity index is 1130. The molecule has 156 valence electrons. The van der Waals surface area contributed by atoms with Crippen LogP contribution in [0.3, 0.4) is 0 Å². The van der Waals surface area contributed by atoms with Gasteiger partial charge < -0.3 is 13.9 Å². The van der Waals surface area contributed by atoms with Gasteiger partial charge in [-0.15, -0.1) is 0 Å². The predicted molar refractivity (Wildman–Crippen MR) is 112 cm³/mol. The SMILES string of the molecule is CCOc1cc(Cl)c(/C=N\NC(=O)c2cc3cc([N+](=O)[O-])ccc3o2)cc1OCC. The minimum Gasteiger partial charge on any atom is -0.490 e. The van der Waals surface area contributed by atoms with Crippen LogP contribution in [0.25, 0.3) is 11.0 Å². The molecule has 1 amide bonds. The summed E-state index contributed by atoms with van der Waals surface area (Å²) in [7, 11) is 0. The van der Waals surface area contributed by atoms with E-state index in [1.54, 1.807) is 12.1 Å². The fraction of sp³-hybridized carbons (Fsp3) is 0.200. The molecular weight excluding hydrogens is 414 g/mol. The molecule has 0 saturated heterocycles. The molecule has 0 aliphatic carbocycles. The molecule has 10 heteroatoms. The number of nitrogens with one attached hydrogen (secondary N) is 1. The highest BCUT2D eigenvalue weighted by Crippen LogP contribution is 2.33. The molecule has 1 aromatic heterocycles. The number of carbonyl (C=O) groups excluding carboxylic acids is 1. The summed E-state index contributed by atoms with van der Waals surface area (Å²) in [5.74, 6) is 0.380. The third-order valence-electron chi connectivity index (χ3n) is 3.97. The van der Waals surface area contributed by atoms with E-state index in [0.29, 0.717) is 46.3 Å². The predicted octanol–water partition coefficient (Wildman–Crippen LogP) is 4.56. The van der Waals surface area contributed by atoms with E-state index in [1.807, 2.05) is 13.8 Å². The summed E-state index contributed by atoms with van der Waals surface area (Å²) >= 11 is 6.25. The van der Waals surface area contributed by atoms with Crippen molar-refractivity contribution in [1.29, 1.82) is 0 Å². The topological polar surface area (TPSA) is 116 Å². The fourth-order valence-corrected chi connectivity index (χ4v) is 2.86. The number of carbonyl (C=O) groups is 1. The first-order valence-corrected chi connectivity index (χ1v) is 9.41. The highest BCUT2D eigenvalue weighted by Gasteiger charge is 2.15. The lowest BCUT2D eigenvalue weighted by molar-refractivity contribution is -0.384. The molecule has 0 bridgehead atoms. The van der Waals surface area contributed by atoms with Crippen LogP contribution in [0.5, 0.6) is 11.5 Å². The summed E-state index contributed by atoms with van der Waals surface area (Å²) in [6.07, 6.45) is 1.37. The minimum atomic E-state index is -0.614. The van der Waals surface area contributed by atoms with Gasteiger partial charge in [-0.05, 0) is 32.0 Å². The Hall–Kier alpha value is -3.59. The maximum Gasteiger partial charge on any atom is 0.307 e. The largest absolute Gasteiger partial charge is 0.490 e. The molecule has 0 radical (unpaired) electrons. The molecule has 30 heavy (non-hydrogen) atoms. The summed E-state index contributed by atoms with van der Waals surface area (Å²) in [4.78, 5) is 22.6. The van der Waals surface area contributed by atoms with E-state index in [0.717, 1.165) is 0 Å². The van der Waals surface area contributed by atoms with Crippen molar-refractivity contribution in [2.45, 2.75) is 13.8 Å². The van der Waals surface area contributed by atoms with Crippen LogP contribution in [-0.2, 0) is 0 Å². The summed E-state index contributed by atoms with van der Waals surface area (Å²) in [6.45, 7) is 4.60. The molecule has 0 unspecified atom stereocenters. The van der Waals surface area contributed by atoms with Crippen molar-refractivity contribution in [2.75, 3.05) is 13.2 Å². The number of non-ortho nitro benzene ring substituents is 1. The Morgan fingerprint density at radius 3 is 2.57 bits per heavy atom. The molecule has 0 aliphatic heterocycles. The van der Waals surface area contributed by atoms with Gasteiger partial charge in [0.1, 0.15) is 5.58 Å². The molecule has 0 aliphatic rings. The number of rotatable bonds is 8. The molecule has 0 atom stereocenters. The van der Waals surface area contributed by atoms with E-state index in [2.05, 4.69) is 10.5 Å². The number of furan rings is 1. The average molecular weight is 432 g/mol. The highest BCUT2D eigenvalue weighted by molar-refractivity contribution is 6.33. The van der Waals surface area contributed by atoms with E-state index in [1.165, 1.54) is 30.5 Å². The van der Waals surface area contributed by atoms with Crippen LogP contribution in [-0.4, -0.2) is 30.3 Å². The van der Waals surface area contributed by atoms with Crippen molar-refractivity contribution in [2.24, 2.45) is 5.10 Å². The van der Waals surface area contributed by atoms with Crippen LogP contribution < -0.4 is 14.9 Å². The van der Waals surface area contributed by atoms with Gasteiger partial charge in [0, 0.05) is 29.1 Å². The normalized spacial score (nSPS) is 11.0. The summed E-state index contributed by atoms with van der Waals surface area (Å²) < 4.78 is 16.5. The van der Waals surface area contributed by atoms with Gasteiger partial charge in [-0.2, -0.15) is 5.10 Å². The second-order valence-corrected chi connectivity index (χ2v) is 6.38. The molecule has 9 nitrogen and oxygen atoms in total. The Labute approximate surface area is 176 Å². The molecule has 1 heterocycles. The molecule has 3 rings (SSSR count). The summed E-state index contributed by atoms with van der Waals surface area (Å²) in [5, 5.41) is 15.6. The van der Waals surface area contributed by atoms with Crippen molar-refractivity contribution < 1.29 is 23.6 Å². The maximum atomic E-state index is 12.3. The third-order valence-corrected chi connectivity index (χ3v) is 4.29. The molecule has 3 aromatic rings. The van der Waals surface area contributed by atoms with E-state index < -0.39 is 10.8 Å². The number of ether oxygens (including phenoxy) is 2. The van der Waals surface area contributed by atoms with Gasteiger partial charge in [-0.3, -0.25) is 14.9 Å². The Kier molecular flexibility index (Phi) is 6.53. The highest BCUT2D eigenvalue weighted by atomic mass is 35.5. The quantitative estimate of drug-likeness (QED) is 0.317. The van der Waals surface area contributed by atoms with Crippen molar-refractivity contribution >= 4 is 40.4 Å². The zero-order valence-corrected chi connectivity index (χ0v) is 16.9. The number of nitro groups is 1. The zero-order chi connectivity index (χ0) is 21.7. The van der Waals surface area contributed by atoms with Crippen LogP contribution in [0.4, 0.5) is 5.69 Å². The third kappa shape index (κ3) is 4.69. The van der Waals surface area contributed by atoms with E-state index in [4.69, 9.17) is 25.5 Å². The first-order valence-electron chi connectivity index (χ1n) is 9.03. The Morgan fingerprint density at radius 1 is 1.20 bits per heavy atom. The van der Waals surface area contributed by atoms with Crippen LogP contribution >= 0.6 is 11.6 Å². The lowest BCUT2D eigenvalue weighted by atomic mass is 10.2. The van der Waals surface area contributed by atoms with Crippen molar-refractivity contribution in [3.05, 3.63) is 62.9 Å². The monoisotopic (exact) mass is 431 g/mol. The first kappa shape index (κ1) is 21.1. The van der Waals surface area contributed by atoms with Crippen LogP contribution in [0.15, 0.2) is 45.9 Å².